The van der Waals surface area contributed by atoms with Crippen LogP contribution >= 0.6 is 11.3 Å². The molecule has 1 aliphatic carbocycles. The van der Waals surface area contributed by atoms with Crippen LogP contribution in [0.15, 0.2) is 48.7 Å². The second kappa shape index (κ2) is 7.05. The van der Waals surface area contributed by atoms with Crippen LogP contribution in [-0.4, -0.2) is 9.97 Å². The molecule has 0 radical (unpaired) electrons. The summed E-state index contributed by atoms with van der Waals surface area (Å²) in [5, 5.41) is 2.36. The molecule has 27 heavy (non-hydrogen) atoms. The van der Waals surface area contributed by atoms with Gasteiger partial charge in [-0.1, -0.05) is 50.3 Å². The maximum Gasteiger partial charge on any atom is 0.124 e. The average Bonchev–Trinajstić information content (AvgIpc) is 3.12. The minimum atomic E-state index is -1.31. The lowest BCUT2D eigenvalue weighted by atomic mass is 9.85. The molecule has 0 aliphatic heterocycles. The van der Waals surface area contributed by atoms with Crippen molar-refractivity contribution >= 4 is 31.6 Å². The number of aromatic nitrogens is 2. The minimum absolute atomic E-state index is 0.0961. The van der Waals surface area contributed by atoms with Gasteiger partial charge in [-0.05, 0) is 49.0 Å². The molecule has 5 rings (SSSR count). The maximum absolute atomic E-state index is 8.83. The predicted molar refractivity (Wildman–Crippen MR) is 115 cm³/mol. The second-order valence-corrected chi connectivity index (χ2v) is 8.50. The Morgan fingerprint density at radius 1 is 1.07 bits per heavy atom. The first-order valence-electron chi connectivity index (χ1n) is 10.8. The van der Waals surface area contributed by atoms with Gasteiger partial charge in [0.15, 0.2) is 0 Å². The predicted octanol–water partition coefficient (Wildman–Crippen LogP) is 6.94. The van der Waals surface area contributed by atoms with Gasteiger partial charge < -0.3 is 0 Å². The molecular weight excluding hydrogens is 348 g/mol. The Morgan fingerprint density at radius 3 is 2.85 bits per heavy atom. The SMILES string of the molecule is [2H]C([2H])(c1ccnc(-c2cccc3c2sc2nc(C)ccc23)c1)C1CCCCC1. The van der Waals surface area contributed by atoms with Crippen LogP contribution in [0, 0.1) is 12.8 Å². The first kappa shape index (κ1) is 14.8. The average molecular weight is 375 g/mol. The molecule has 1 aliphatic rings. The minimum Gasteiger partial charge on any atom is -0.256 e. The molecule has 0 saturated heterocycles. The van der Waals surface area contributed by atoms with Gasteiger partial charge in [0.25, 0.3) is 0 Å². The normalized spacial score (nSPS) is 17.2. The van der Waals surface area contributed by atoms with Crippen LogP contribution < -0.4 is 0 Å². The van der Waals surface area contributed by atoms with Crippen molar-refractivity contribution in [3.8, 4) is 11.3 Å². The van der Waals surface area contributed by atoms with Gasteiger partial charge >= 0.3 is 0 Å². The van der Waals surface area contributed by atoms with E-state index >= 15 is 0 Å². The molecule has 2 nitrogen and oxygen atoms in total. The third kappa shape index (κ3) is 3.25. The van der Waals surface area contributed by atoms with Crippen LogP contribution in [0.2, 0.25) is 0 Å². The number of nitrogens with zero attached hydrogens (tertiary/aromatic N) is 2. The van der Waals surface area contributed by atoms with Crippen molar-refractivity contribution in [2.24, 2.45) is 5.92 Å². The number of pyridine rings is 2. The summed E-state index contributed by atoms with van der Waals surface area (Å²) in [5.41, 5.74) is 3.67. The van der Waals surface area contributed by atoms with Crippen LogP contribution in [-0.2, 0) is 6.37 Å². The quantitative estimate of drug-likeness (QED) is 0.388. The molecule has 0 spiro atoms. The van der Waals surface area contributed by atoms with E-state index in [-0.39, 0.29) is 5.92 Å². The van der Waals surface area contributed by atoms with Crippen LogP contribution in [0.25, 0.3) is 31.6 Å². The van der Waals surface area contributed by atoms with Crippen molar-refractivity contribution in [3.05, 3.63) is 59.9 Å². The molecule has 0 N–H and O–H groups in total. The number of hydrogen-bond donors (Lipinski definition) is 0. The second-order valence-electron chi connectivity index (χ2n) is 7.50. The molecule has 3 heterocycles. The highest BCUT2D eigenvalue weighted by atomic mass is 32.1. The highest BCUT2D eigenvalue weighted by Gasteiger charge is 2.16. The van der Waals surface area contributed by atoms with E-state index in [1.165, 1.54) is 21.9 Å². The summed E-state index contributed by atoms with van der Waals surface area (Å²) >= 11 is 1.69. The molecule has 0 amide bonds. The van der Waals surface area contributed by atoms with Crippen molar-refractivity contribution in [1.29, 1.82) is 0 Å². The smallest absolute Gasteiger partial charge is 0.124 e. The van der Waals surface area contributed by atoms with Crippen molar-refractivity contribution in [2.75, 3.05) is 0 Å². The lowest BCUT2D eigenvalue weighted by Gasteiger charge is -2.21. The molecule has 0 unspecified atom stereocenters. The zero-order valence-electron chi connectivity index (χ0n) is 17.5. The topological polar surface area (TPSA) is 25.8 Å². The Labute approximate surface area is 167 Å². The summed E-state index contributed by atoms with van der Waals surface area (Å²) in [4.78, 5) is 10.4. The molecule has 4 aromatic rings. The molecule has 1 saturated carbocycles. The number of aryl methyl sites for hydroxylation is 1. The Morgan fingerprint density at radius 2 is 1.96 bits per heavy atom. The maximum atomic E-state index is 8.83. The monoisotopic (exact) mass is 374 g/mol. The number of thiophene rings is 1. The van der Waals surface area contributed by atoms with Gasteiger partial charge in [0.2, 0.25) is 0 Å². The summed E-state index contributed by atoms with van der Waals surface area (Å²) in [7, 11) is 0. The molecular formula is C24H24N2S. The fraction of sp³-hybridized carbons (Fsp3) is 0.333. The highest BCUT2D eigenvalue weighted by molar-refractivity contribution is 7.26. The van der Waals surface area contributed by atoms with E-state index in [9.17, 15) is 0 Å². The van der Waals surface area contributed by atoms with E-state index in [0.717, 1.165) is 53.0 Å². The van der Waals surface area contributed by atoms with E-state index in [1.54, 1.807) is 17.5 Å². The number of benzene rings is 1. The largest absolute Gasteiger partial charge is 0.256 e. The van der Waals surface area contributed by atoms with Gasteiger partial charge in [0.05, 0.1) is 5.69 Å². The molecule has 0 bridgehead atoms. The number of fused-ring (bicyclic) bond motifs is 3. The summed E-state index contributed by atoms with van der Waals surface area (Å²) < 4.78 is 18.8. The van der Waals surface area contributed by atoms with Gasteiger partial charge in [-0.3, -0.25) is 4.98 Å². The Bertz CT molecular complexity index is 1190. The van der Waals surface area contributed by atoms with Gasteiger partial charge in [-0.25, -0.2) is 4.98 Å². The van der Waals surface area contributed by atoms with Crippen LogP contribution in [0.1, 0.15) is 46.1 Å². The van der Waals surface area contributed by atoms with Crippen molar-refractivity contribution in [1.82, 2.24) is 9.97 Å². The molecule has 1 aromatic carbocycles. The Balaban J connectivity index is 1.62. The number of hydrogen-bond acceptors (Lipinski definition) is 3. The molecule has 136 valence electrons. The summed E-state index contributed by atoms with van der Waals surface area (Å²) in [6.45, 7) is 2.02. The van der Waals surface area contributed by atoms with Gasteiger partial charge in [0, 0.05) is 35.7 Å². The lowest BCUT2D eigenvalue weighted by Crippen LogP contribution is -2.09. The van der Waals surface area contributed by atoms with Gasteiger partial charge in [0.1, 0.15) is 4.83 Å². The number of rotatable bonds is 3. The third-order valence-corrected chi connectivity index (χ3v) is 6.66. The van der Waals surface area contributed by atoms with E-state index < -0.39 is 6.37 Å². The zero-order chi connectivity index (χ0) is 20.0. The Kier molecular flexibility index (Phi) is 3.85. The highest BCUT2D eigenvalue weighted by Crippen LogP contribution is 2.39. The van der Waals surface area contributed by atoms with E-state index in [4.69, 9.17) is 7.73 Å². The van der Waals surface area contributed by atoms with E-state index in [0.29, 0.717) is 0 Å². The van der Waals surface area contributed by atoms with Gasteiger partial charge in [-0.2, -0.15) is 0 Å². The van der Waals surface area contributed by atoms with Crippen molar-refractivity contribution in [2.45, 2.75) is 45.4 Å². The summed E-state index contributed by atoms with van der Waals surface area (Å²) in [5.74, 6) is 0.0961. The first-order valence-corrected chi connectivity index (χ1v) is 10.6. The van der Waals surface area contributed by atoms with Crippen LogP contribution in [0.3, 0.4) is 0 Å². The molecule has 3 heteroatoms. The van der Waals surface area contributed by atoms with Crippen LogP contribution in [0.5, 0.6) is 0 Å². The summed E-state index contributed by atoms with van der Waals surface area (Å²) in [6, 6.07) is 14.3. The van der Waals surface area contributed by atoms with Gasteiger partial charge in [-0.15, -0.1) is 11.3 Å². The van der Waals surface area contributed by atoms with E-state index in [2.05, 4.69) is 35.3 Å². The van der Waals surface area contributed by atoms with Crippen LogP contribution in [0.4, 0.5) is 0 Å². The lowest BCUT2D eigenvalue weighted by molar-refractivity contribution is 0.356. The molecule has 1 fully saturated rings. The van der Waals surface area contributed by atoms with Crippen molar-refractivity contribution < 1.29 is 2.74 Å². The Hall–Kier alpha value is -2.26. The molecule has 3 aromatic heterocycles. The third-order valence-electron chi connectivity index (χ3n) is 5.52. The molecule has 0 atom stereocenters. The standard InChI is InChI=1S/C24H24N2S/c1-16-10-11-20-19-8-5-9-21(23(19)27-24(20)26-16)22-15-18(12-13-25-22)14-17-6-3-2-4-7-17/h5,8-13,15,17H,2-4,6-7,14H2,1H3/i14D2. The van der Waals surface area contributed by atoms with E-state index in [1.807, 2.05) is 19.1 Å². The summed E-state index contributed by atoms with van der Waals surface area (Å²) in [6.07, 6.45) is 5.90. The fourth-order valence-electron chi connectivity index (χ4n) is 4.12. The first-order chi connectivity index (χ1) is 14.0. The van der Waals surface area contributed by atoms with Crippen molar-refractivity contribution in [3.63, 3.8) is 0 Å². The zero-order valence-corrected chi connectivity index (χ0v) is 16.4. The fourth-order valence-corrected chi connectivity index (χ4v) is 5.36.